The number of hydrogen-bond acceptors (Lipinski definition) is 9. The first-order valence-electron chi connectivity index (χ1n) is 9.39. The highest BCUT2D eigenvalue weighted by Gasteiger charge is 2.54. The molecule has 1 fully saturated rings. The van der Waals surface area contributed by atoms with Crippen LogP contribution in [0.15, 0.2) is 18.1 Å². The maximum atomic E-state index is 11.8. The highest BCUT2D eigenvalue weighted by molar-refractivity contribution is 6.52. The van der Waals surface area contributed by atoms with Crippen LogP contribution in [0.5, 0.6) is 11.5 Å². The lowest BCUT2D eigenvalue weighted by Gasteiger charge is -2.35. The molecule has 2 rings (SSSR count). The third-order valence-electron chi connectivity index (χ3n) is 5.18. The number of aliphatic hydroxyl groups excluding tert-OH is 1. The second kappa shape index (κ2) is 9.61. The summed E-state index contributed by atoms with van der Waals surface area (Å²) < 4.78 is 27.7. The number of aldehydes is 1. The number of benzene rings is 1. The van der Waals surface area contributed by atoms with Crippen molar-refractivity contribution in [3.05, 3.63) is 29.2 Å². The number of methoxy groups -OCH3 is 2. The zero-order valence-electron chi connectivity index (χ0n) is 17.8. The van der Waals surface area contributed by atoms with Crippen LogP contribution in [-0.2, 0) is 18.8 Å². The first-order chi connectivity index (χ1) is 14.1. The first-order valence-corrected chi connectivity index (χ1v) is 9.39. The van der Waals surface area contributed by atoms with E-state index < -0.39 is 36.9 Å². The van der Waals surface area contributed by atoms with E-state index in [0.29, 0.717) is 28.9 Å². The Labute approximate surface area is 176 Å². The average molecular weight is 421 g/mol. The Morgan fingerprint density at radius 1 is 1.23 bits per heavy atom. The van der Waals surface area contributed by atoms with Gasteiger partial charge in [0.1, 0.15) is 29.7 Å². The van der Waals surface area contributed by atoms with Crippen LogP contribution < -0.4 is 15.2 Å². The summed E-state index contributed by atoms with van der Waals surface area (Å²) in [5.41, 5.74) is 4.79. The molecule has 9 nitrogen and oxygen atoms in total. The van der Waals surface area contributed by atoms with E-state index in [9.17, 15) is 9.59 Å². The highest BCUT2D eigenvalue weighted by atomic mass is 16.7. The molecule has 1 aliphatic rings. The molecule has 0 aromatic heterocycles. The first kappa shape index (κ1) is 23.9. The number of nitrogens with two attached hydrogens (primary N) is 1. The van der Waals surface area contributed by atoms with Gasteiger partial charge in [-0.1, -0.05) is 12.1 Å². The molecule has 0 amide bonds. The van der Waals surface area contributed by atoms with Crippen molar-refractivity contribution in [2.45, 2.75) is 38.0 Å². The van der Waals surface area contributed by atoms with Crippen molar-refractivity contribution in [3.8, 4) is 11.5 Å². The lowest BCUT2D eigenvalue weighted by molar-refractivity contribution is -0.155. The van der Waals surface area contributed by atoms with E-state index in [1.54, 1.807) is 31.1 Å². The number of carbonyl (C=O) groups excluding carboxylic acids is 2. The van der Waals surface area contributed by atoms with Crippen molar-refractivity contribution in [3.63, 3.8) is 0 Å². The molecule has 10 heteroatoms. The Balaban J connectivity index is 2.16. The maximum absolute atomic E-state index is 11.8. The van der Waals surface area contributed by atoms with Gasteiger partial charge in [-0.05, 0) is 38.5 Å². The molecule has 1 aromatic rings. The highest BCUT2D eigenvalue weighted by Crippen LogP contribution is 2.38. The van der Waals surface area contributed by atoms with E-state index in [-0.39, 0.29) is 6.61 Å². The Bertz CT molecular complexity index is 787. The van der Waals surface area contributed by atoms with Crippen LogP contribution in [0.1, 0.15) is 36.7 Å². The standard InChI is InChI=1S/C20H28BNO8/c1-19(2)20(3,12-28-18(25)15(22)11-24)30-21(29-19)7-6-13-8-16(26-4)14(10-23)17(9-13)27-5/h6-10,15,24H,11-12,22H2,1-5H3/b7-6+/t15-,20?/m0/s1. The number of ether oxygens (including phenoxy) is 3. The fourth-order valence-corrected chi connectivity index (χ4v) is 2.88. The molecule has 3 N–H and O–H groups in total. The molecular weight excluding hydrogens is 393 g/mol. The topological polar surface area (TPSA) is 127 Å². The molecule has 1 heterocycles. The van der Waals surface area contributed by atoms with Gasteiger partial charge < -0.3 is 34.4 Å². The van der Waals surface area contributed by atoms with Gasteiger partial charge in [-0.15, -0.1) is 0 Å². The van der Waals surface area contributed by atoms with Crippen LogP contribution in [0.4, 0.5) is 0 Å². The van der Waals surface area contributed by atoms with Crippen LogP contribution in [0.25, 0.3) is 6.08 Å². The molecule has 1 aromatic carbocycles. The SMILES string of the molecule is COc1cc(/C=C/B2OC(C)(C)C(C)(COC(=O)[C@@H](N)CO)O2)cc(OC)c1C=O. The average Bonchev–Trinajstić information content (AvgIpc) is 2.97. The minimum Gasteiger partial charge on any atom is -0.496 e. The summed E-state index contributed by atoms with van der Waals surface area (Å²) in [5, 5.41) is 8.96. The van der Waals surface area contributed by atoms with Gasteiger partial charge >= 0.3 is 13.1 Å². The summed E-state index contributed by atoms with van der Waals surface area (Å²) in [7, 11) is 2.23. The summed E-state index contributed by atoms with van der Waals surface area (Å²) in [6.45, 7) is 4.82. The third kappa shape index (κ3) is 5.01. The molecule has 0 spiro atoms. The van der Waals surface area contributed by atoms with Gasteiger partial charge in [-0.2, -0.15) is 0 Å². The number of rotatable bonds is 9. The van der Waals surface area contributed by atoms with E-state index in [4.69, 9.17) is 34.4 Å². The maximum Gasteiger partial charge on any atom is 0.487 e. The molecule has 164 valence electrons. The second-order valence-corrected chi connectivity index (χ2v) is 7.56. The van der Waals surface area contributed by atoms with Gasteiger partial charge in [0.15, 0.2) is 6.29 Å². The minimum absolute atomic E-state index is 0.0907. The number of hydrogen-bond donors (Lipinski definition) is 2. The van der Waals surface area contributed by atoms with Crippen LogP contribution in [0, 0.1) is 0 Å². The molecule has 2 atom stereocenters. The van der Waals surface area contributed by atoms with E-state index in [1.807, 2.05) is 13.8 Å². The van der Waals surface area contributed by atoms with Crippen LogP contribution >= 0.6 is 0 Å². The van der Waals surface area contributed by atoms with E-state index in [1.165, 1.54) is 14.2 Å². The largest absolute Gasteiger partial charge is 0.496 e. The summed E-state index contributed by atoms with van der Waals surface area (Å²) in [5.74, 6) is 1.75. The number of aliphatic hydroxyl groups is 1. The Morgan fingerprint density at radius 2 is 1.83 bits per heavy atom. The van der Waals surface area contributed by atoms with E-state index >= 15 is 0 Å². The molecule has 1 unspecified atom stereocenters. The fraction of sp³-hybridized carbons (Fsp3) is 0.500. The van der Waals surface area contributed by atoms with Crippen molar-refractivity contribution in [1.29, 1.82) is 0 Å². The van der Waals surface area contributed by atoms with Crippen LogP contribution in [0.3, 0.4) is 0 Å². The summed E-state index contributed by atoms with van der Waals surface area (Å²) in [4.78, 5) is 23.1. The Morgan fingerprint density at radius 3 is 2.33 bits per heavy atom. The van der Waals surface area contributed by atoms with Crippen LogP contribution in [0.2, 0.25) is 0 Å². The molecule has 30 heavy (non-hydrogen) atoms. The van der Waals surface area contributed by atoms with Gasteiger partial charge in [0.05, 0.1) is 32.0 Å². The normalized spacial score (nSPS) is 21.5. The Hall–Kier alpha value is -2.40. The van der Waals surface area contributed by atoms with Gasteiger partial charge in [-0.25, -0.2) is 0 Å². The lowest BCUT2D eigenvalue weighted by atomic mass is 9.88. The molecule has 1 saturated heterocycles. The minimum atomic E-state index is -1.10. The summed E-state index contributed by atoms with van der Waals surface area (Å²) >= 11 is 0. The van der Waals surface area contributed by atoms with Crippen molar-refractivity contribution in [2.24, 2.45) is 5.73 Å². The molecule has 0 saturated carbocycles. The van der Waals surface area contributed by atoms with Gasteiger partial charge in [-0.3, -0.25) is 9.59 Å². The number of esters is 1. The van der Waals surface area contributed by atoms with E-state index in [0.717, 1.165) is 0 Å². The molecule has 0 aliphatic carbocycles. The lowest BCUT2D eigenvalue weighted by Crippen LogP contribution is -2.50. The predicted octanol–water partition coefficient (Wildman–Crippen LogP) is 1.00. The molecular formula is C20H28BNO8. The van der Waals surface area contributed by atoms with Gasteiger partial charge in [0.25, 0.3) is 0 Å². The summed E-state index contributed by atoms with van der Waals surface area (Å²) in [6, 6.07) is 2.29. The third-order valence-corrected chi connectivity index (χ3v) is 5.18. The van der Waals surface area contributed by atoms with Gasteiger partial charge in [0, 0.05) is 0 Å². The molecule has 0 bridgehead atoms. The second-order valence-electron chi connectivity index (χ2n) is 7.56. The van der Waals surface area contributed by atoms with Crippen molar-refractivity contribution < 1.29 is 38.2 Å². The monoisotopic (exact) mass is 421 g/mol. The van der Waals surface area contributed by atoms with E-state index in [2.05, 4.69) is 0 Å². The zero-order valence-corrected chi connectivity index (χ0v) is 17.8. The predicted molar refractivity (Wildman–Crippen MR) is 110 cm³/mol. The summed E-state index contributed by atoms with van der Waals surface area (Å²) in [6.07, 6.45) is 2.42. The van der Waals surface area contributed by atoms with Crippen molar-refractivity contribution in [1.82, 2.24) is 0 Å². The zero-order chi connectivity index (χ0) is 22.5. The Kier molecular flexibility index (Phi) is 7.65. The number of carbonyl (C=O) groups is 2. The van der Waals surface area contributed by atoms with Gasteiger partial charge in [0.2, 0.25) is 0 Å². The fourth-order valence-electron chi connectivity index (χ4n) is 2.88. The van der Waals surface area contributed by atoms with Crippen molar-refractivity contribution >= 4 is 25.4 Å². The molecule has 1 aliphatic heterocycles. The smallest absolute Gasteiger partial charge is 0.487 e. The van der Waals surface area contributed by atoms with Crippen LogP contribution in [-0.4, -0.2) is 69.2 Å². The molecule has 0 radical (unpaired) electrons. The quantitative estimate of drug-likeness (QED) is 0.341. The van der Waals surface area contributed by atoms with Crippen molar-refractivity contribution in [2.75, 3.05) is 27.4 Å².